The molecule has 0 radical (unpaired) electrons. The maximum atomic E-state index is 5.69. The SMILES string of the molecule is Cc1cn2ccnc2cc1N. The number of aryl methyl sites for hydroxylation is 1. The molecule has 0 saturated carbocycles. The Morgan fingerprint density at radius 2 is 2.36 bits per heavy atom. The third kappa shape index (κ3) is 0.852. The van der Waals surface area contributed by atoms with Crippen molar-refractivity contribution in [2.45, 2.75) is 6.92 Å². The molecule has 0 atom stereocenters. The molecular formula is C8H9N3. The van der Waals surface area contributed by atoms with Crippen LogP contribution in [0.3, 0.4) is 0 Å². The summed E-state index contributed by atoms with van der Waals surface area (Å²) in [5, 5.41) is 0. The van der Waals surface area contributed by atoms with Crippen LogP contribution in [0.5, 0.6) is 0 Å². The number of nitrogens with two attached hydrogens (primary N) is 1. The van der Waals surface area contributed by atoms with Gasteiger partial charge >= 0.3 is 0 Å². The van der Waals surface area contributed by atoms with Gasteiger partial charge in [-0.15, -0.1) is 0 Å². The molecule has 0 bridgehead atoms. The molecule has 2 aromatic heterocycles. The fraction of sp³-hybridized carbons (Fsp3) is 0.125. The molecule has 2 heterocycles. The summed E-state index contributed by atoms with van der Waals surface area (Å²) in [4.78, 5) is 4.10. The van der Waals surface area contributed by atoms with E-state index in [4.69, 9.17) is 5.73 Å². The summed E-state index contributed by atoms with van der Waals surface area (Å²) in [5.41, 5.74) is 8.46. The second kappa shape index (κ2) is 1.99. The number of nitrogens with zero attached hydrogens (tertiary/aromatic N) is 2. The van der Waals surface area contributed by atoms with Gasteiger partial charge < -0.3 is 10.1 Å². The molecule has 0 aromatic carbocycles. The number of nitrogen functional groups attached to an aromatic ring is 1. The summed E-state index contributed by atoms with van der Waals surface area (Å²) in [7, 11) is 0. The average Bonchev–Trinajstić information content (AvgIpc) is 2.36. The molecule has 56 valence electrons. The Bertz CT molecular complexity index is 353. The number of fused-ring (bicyclic) bond motifs is 1. The summed E-state index contributed by atoms with van der Waals surface area (Å²) in [6.45, 7) is 1.98. The maximum absolute atomic E-state index is 5.69. The highest BCUT2D eigenvalue weighted by molar-refractivity contribution is 5.55. The Kier molecular flexibility index (Phi) is 1.12. The van der Waals surface area contributed by atoms with Crippen LogP contribution in [-0.2, 0) is 0 Å². The zero-order valence-electron chi connectivity index (χ0n) is 6.28. The highest BCUT2D eigenvalue weighted by Gasteiger charge is 1.96. The van der Waals surface area contributed by atoms with Gasteiger partial charge in [-0.25, -0.2) is 4.98 Å². The molecule has 0 unspecified atom stereocenters. The van der Waals surface area contributed by atoms with Crippen molar-refractivity contribution in [3.63, 3.8) is 0 Å². The minimum Gasteiger partial charge on any atom is -0.398 e. The number of hydrogen-bond acceptors (Lipinski definition) is 2. The third-order valence-corrected chi connectivity index (χ3v) is 1.77. The second-order valence-corrected chi connectivity index (χ2v) is 2.60. The average molecular weight is 147 g/mol. The van der Waals surface area contributed by atoms with E-state index in [0.29, 0.717) is 0 Å². The van der Waals surface area contributed by atoms with Crippen molar-refractivity contribution in [1.29, 1.82) is 0 Å². The van der Waals surface area contributed by atoms with Gasteiger partial charge in [-0.3, -0.25) is 0 Å². The van der Waals surface area contributed by atoms with E-state index in [9.17, 15) is 0 Å². The first-order chi connectivity index (χ1) is 5.27. The van der Waals surface area contributed by atoms with E-state index in [2.05, 4.69) is 4.98 Å². The highest BCUT2D eigenvalue weighted by atomic mass is 15.0. The first-order valence-corrected chi connectivity index (χ1v) is 3.46. The zero-order chi connectivity index (χ0) is 7.84. The number of imidazole rings is 1. The Balaban J connectivity index is 2.86. The van der Waals surface area contributed by atoms with Crippen molar-refractivity contribution in [2.75, 3.05) is 5.73 Å². The standard InChI is InChI=1S/C8H9N3/c1-6-5-11-3-2-10-8(11)4-7(6)9/h2-5H,9H2,1H3. The van der Waals surface area contributed by atoms with Gasteiger partial charge in [0.05, 0.1) is 0 Å². The molecule has 0 saturated heterocycles. The molecule has 2 rings (SSSR count). The minimum absolute atomic E-state index is 0.795. The zero-order valence-corrected chi connectivity index (χ0v) is 6.28. The minimum atomic E-state index is 0.795. The quantitative estimate of drug-likeness (QED) is 0.609. The van der Waals surface area contributed by atoms with Gasteiger partial charge in [0, 0.05) is 30.3 Å². The van der Waals surface area contributed by atoms with Gasteiger partial charge in [-0.2, -0.15) is 0 Å². The lowest BCUT2D eigenvalue weighted by Gasteiger charge is -1.99. The van der Waals surface area contributed by atoms with Crippen LogP contribution in [0.1, 0.15) is 5.56 Å². The van der Waals surface area contributed by atoms with Crippen molar-refractivity contribution < 1.29 is 0 Å². The third-order valence-electron chi connectivity index (χ3n) is 1.77. The van der Waals surface area contributed by atoms with E-state index in [1.165, 1.54) is 0 Å². The van der Waals surface area contributed by atoms with Gasteiger partial charge in [-0.1, -0.05) is 0 Å². The normalized spacial score (nSPS) is 10.6. The van der Waals surface area contributed by atoms with Gasteiger partial charge in [0.25, 0.3) is 0 Å². The van der Waals surface area contributed by atoms with Gasteiger partial charge in [0.15, 0.2) is 0 Å². The molecule has 2 aromatic rings. The Morgan fingerprint density at radius 3 is 3.18 bits per heavy atom. The molecule has 3 heteroatoms. The predicted molar refractivity (Wildman–Crippen MR) is 44.3 cm³/mol. The second-order valence-electron chi connectivity index (χ2n) is 2.60. The van der Waals surface area contributed by atoms with Crippen molar-refractivity contribution in [2.24, 2.45) is 0 Å². The number of hydrogen-bond donors (Lipinski definition) is 1. The molecule has 0 aliphatic rings. The molecule has 0 fully saturated rings. The number of anilines is 1. The fourth-order valence-electron chi connectivity index (χ4n) is 1.08. The topological polar surface area (TPSA) is 43.3 Å². The van der Waals surface area contributed by atoms with Gasteiger partial charge in [0.2, 0.25) is 0 Å². The lowest BCUT2D eigenvalue weighted by molar-refractivity contribution is 1.16. The van der Waals surface area contributed by atoms with E-state index >= 15 is 0 Å². The lowest BCUT2D eigenvalue weighted by atomic mass is 10.3. The van der Waals surface area contributed by atoms with Gasteiger partial charge in [0.1, 0.15) is 5.65 Å². The van der Waals surface area contributed by atoms with Crippen LogP contribution in [0.2, 0.25) is 0 Å². The molecule has 0 aliphatic carbocycles. The number of rotatable bonds is 0. The van der Waals surface area contributed by atoms with Crippen LogP contribution in [0.25, 0.3) is 5.65 Å². The Morgan fingerprint density at radius 1 is 1.55 bits per heavy atom. The lowest BCUT2D eigenvalue weighted by Crippen LogP contribution is -1.92. The van der Waals surface area contributed by atoms with Crippen molar-refractivity contribution in [1.82, 2.24) is 9.38 Å². The largest absolute Gasteiger partial charge is 0.398 e. The smallest absolute Gasteiger partial charge is 0.138 e. The number of pyridine rings is 1. The summed E-state index contributed by atoms with van der Waals surface area (Å²) >= 11 is 0. The molecular weight excluding hydrogens is 138 g/mol. The van der Waals surface area contributed by atoms with Crippen molar-refractivity contribution >= 4 is 11.3 Å². The monoisotopic (exact) mass is 147 g/mol. The van der Waals surface area contributed by atoms with E-state index in [1.807, 2.05) is 29.8 Å². The van der Waals surface area contributed by atoms with Crippen LogP contribution >= 0.6 is 0 Å². The fourth-order valence-corrected chi connectivity index (χ4v) is 1.08. The first kappa shape index (κ1) is 6.22. The van der Waals surface area contributed by atoms with E-state index in [0.717, 1.165) is 16.9 Å². The molecule has 11 heavy (non-hydrogen) atoms. The van der Waals surface area contributed by atoms with E-state index < -0.39 is 0 Å². The maximum Gasteiger partial charge on any atom is 0.138 e. The van der Waals surface area contributed by atoms with Crippen molar-refractivity contribution in [3.8, 4) is 0 Å². The van der Waals surface area contributed by atoms with Crippen LogP contribution in [0.4, 0.5) is 5.69 Å². The van der Waals surface area contributed by atoms with Gasteiger partial charge in [-0.05, 0) is 12.5 Å². The Hall–Kier alpha value is -1.51. The molecule has 3 nitrogen and oxygen atoms in total. The van der Waals surface area contributed by atoms with Crippen LogP contribution in [0.15, 0.2) is 24.7 Å². The Labute approximate surface area is 64.5 Å². The predicted octanol–water partition coefficient (Wildman–Crippen LogP) is 1.22. The summed E-state index contributed by atoms with van der Waals surface area (Å²) in [6.07, 6.45) is 5.63. The summed E-state index contributed by atoms with van der Waals surface area (Å²) in [5.74, 6) is 0. The van der Waals surface area contributed by atoms with Crippen LogP contribution in [-0.4, -0.2) is 9.38 Å². The first-order valence-electron chi connectivity index (χ1n) is 3.46. The highest BCUT2D eigenvalue weighted by Crippen LogP contribution is 2.12. The van der Waals surface area contributed by atoms with E-state index in [1.54, 1.807) is 6.20 Å². The molecule has 0 spiro atoms. The summed E-state index contributed by atoms with van der Waals surface area (Å²) in [6, 6.07) is 1.87. The van der Waals surface area contributed by atoms with Crippen LogP contribution < -0.4 is 5.73 Å². The van der Waals surface area contributed by atoms with E-state index in [-0.39, 0.29) is 0 Å². The number of aromatic nitrogens is 2. The van der Waals surface area contributed by atoms with Crippen molar-refractivity contribution in [3.05, 3.63) is 30.2 Å². The molecule has 0 aliphatic heterocycles. The summed E-state index contributed by atoms with van der Waals surface area (Å²) < 4.78 is 1.95. The molecule has 0 amide bonds. The van der Waals surface area contributed by atoms with Crippen LogP contribution in [0, 0.1) is 6.92 Å². The molecule has 2 N–H and O–H groups in total.